The van der Waals surface area contributed by atoms with Crippen LogP contribution in [0.15, 0.2) is 24.4 Å². The molecule has 1 saturated carbocycles. The third-order valence-electron chi connectivity index (χ3n) is 4.31. The molecule has 6 nitrogen and oxygen atoms in total. The van der Waals surface area contributed by atoms with E-state index in [4.69, 9.17) is 21.1 Å². The first-order valence-corrected chi connectivity index (χ1v) is 9.61. The van der Waals surface area contributed by atoms with Crippen molar-refractivity contribution in [2.75, 3.05) is 6.61 Å². The van der Waals surface area contributed by atoms with Gasteiger partial charge in [0.15, 0.2) is 5.82 Å². The van der Waals surface area contributed by atoms with Crippen LogP contribution < -0.4 is 4.74 Å². The Bertz CT molecular complexity index is 889. The minimum Gasteiger partial charge on any atom is -0.476 e. The fourth-order valence-electron chi connectivity index (χ4n) is 2.49. The number of alkyl halides is 2. The SMILES string of the molecule is CC(C)(C)OC(=O)c1ccc(-n2ccc(OCC3(C(F)(F)P)CC3)n2)nc1Cl. The molecule has 2 aromatic heterocycles. The van der Waals surface area contributed by atoms with Crippen molar-refractivity contribution >= 4 is 26.8 Å². The fourth-order valence-corrected chi connectivity index (χ4v) is 3.09. The highest BCUT2D eigenvalue weighted by Gasteiger charge is 2.60. The number of nitrogens with zero attached hydrogens (tertiary/aromatic N) is 3. The Balaban J connectivity index is 1.70. The highest BCUT2D eigenvalue weighted by Crippen LogP contribution is 2.59. The van der Waals surface area contributed by atoms with Crippen LogP contribution in [0.1, 0.15) is 44.0 Å². The highest BCUT2D eigenvalue weighted by molar-refractivity contribution is 7.18. The van der Waals surface area contributed by atoms with Crippen molar-refractivity contribution in [1.29, 1.82) is 0 Å². The summed E-state index contributed by atoms with van der Waals surface area (Å²) in [5.74, 6) is -0.0199. The molecule has 0 saturated heterocycles. The first-order valence-electron chi connectivity index (χ1n) is 8.66. The van der Waals surface area contributed by atoms with Gasteiger partial charge in [-0.15, -0.1) is 5.10 Å². The van der Waals surface area contributed by atoms with Crippen molar-refractivity contribution in [2.45, 2.75) is 44.9 Å². The second-order valence-electron chi connectivity index (χ2n) is 7.80. The number of pyridine rings is 1. The average molecular weight is 432 g/mol. The smallest absolute Gasteiger partial charge is 0.341 e. The molecule has 1 unspecified atom stereocenters. The van der Waals surface area contributed by atoms with Gasteiger partial charge in [0.2, 0.25) is 5.88 Å². The zero-order valence-electron chi connectivity index (χ0n) is 15.7. The second-order valence-corrected chi connectivity index (χ2v) is 8.88. The Morgan fingerprint density at radius 3 is 2.54 bits per heavy atom. The van der Waals surface area contributed by atoms with Crippen LogP contribution in [0.25, 0.3) is 5.82 Å². The normalized spacial score (nSPS) is 16.0. The number of halogens is 3. The zero-order chi connectivity index (χ0) is 20.7. The van der Waals surface area contributed by atoms with Crippen molar-refractivity contribution in [3.05, 3.63) is 35.1 Å². The van der Waals surface area contributed by atoms with Crippen LogP contribution in [0.3, 0.4) is 0 Å². The van der Waals surface area contributed by atoms with Gasteiger partial charge in [0, 0.05) is 12.3 Å². The molecule has 2 aromatic rings. The molecular formula is C18H21ClF2N3O3P. The van der Waals surface area contributed by atoms with Crippen LogP contribution in [0.5, 0.6) is 5.88 Å². The van der Waals surface area contributed by atoms with E-state index >= 15 is 0 Å². The lowest BCUT2D eigenvalue weighted by Gasteiger charge is -2.22. The molecule has 2 heterocycles. The lowest BCUT2D eigenvalue weighted by molar-refractivity contribution is -0.00456. The minimum absolute atomic E-state index is 0.0238. The average Bonchev–Trinajstić information content (AvgIpc) is 3.22. The summed E-state index contributed by atoms with van der Waals surface area (Å²) in [7, 11) is 1.59. The molecule has 10 heteroatoms. The molecule has 0 bridgehead atoms. The molecule has 0 spiro atoms. The van der Waals surface area contributed by atoms with E-state index in [-0.39, 0.29) is 23.2 Å². The van der Waals surface area contributed by atoms with Crippen molar-refractivity contribution in [3.8, 4) is 11.7 Å². The van der Waals surface area contributed by atoms with Crippen LogP contribution in [0, 0.1) is 5.41 Å². The van der Waals surface area contributed by atoms with Crippen LogP contribution in [0.2, 0.25) is 5.15 Å². The molecule has 0 N–H and O–H groups in total. The van der Waals surface area contributed by atoms with Crippen LogP contribution in [0.4, 0.5) is 8.78 Å². The van der Waals surface area contributed by atoms with Gasteiger partial charge in [0.1, 0.15) is 17.4 Å². The summed E-state index contributed by atoms with van der Waals surface area (Å²) < 4.78 is 39.3. The van der Waals surface area contributed by atoms with Crippen LogP contribution >= 0.6 is 20.8 Å². The molecule has 28 heavy (non-hydrogen) atoms. The van der Waals surface area contributed by atoms with Crippen molar-refractivity contribution < 1.29 is 23.0 Å². The first-order chi connectivity index (χ1) is 12.9. The maximum absolute atomic E-state index is 13.6. The molecule has 152 valence electrons. The van der Waals surface area contributed by atoms with Gasteiger partial charge in [0.25, 0.3) is 5.66 Å². The number of hydrogen-bond donors (Lipinski definition) is 0. The Morgan fingerprint density at radius 1 is 1.32 bits per heavy atom. The van der Waals surface area contributed by atoms with Crippen molar-refractivity contribution in [3.63, 3.8) is 0 Å². The Labute approximate surface area is 168 Å². The monoisotopic (exact) mass is 431 g/mol. The zero-order valence-corrected chi connectivity index (χ0v) is 17.6. The van der Waals surface area contributed by atoms with E-state index in [1.54, 1.807) is 48.3 Å². The Hall–Kier alpha value is -1.79. The van der Waals surface area contributed by atoms with Gasteiger partial charge in [-0.1, -0.05) is 20.8 Å². The van der Waals surface area contributed by atoms with E-state index in [2.05, 4.69) is 10.1 Å². The highest BCUT2D eigenvalue weighted by atomic mass is 35.5. The lowest BCUT2D eigenvalue weighted by Crippen LogP contribution is -2.29. The van der Waals surface area contributed by atoms with Crippen LogP contribution in [-0.2, 0) is 4.74 Å². The molecule has 1 fully saturated rings. The Morgan fingerprint density at radius 2 is 2.00 bits per heavy atom. The summed E-state index contributed by atoms with van der Waals surface area (Å²) in [6.45, 7) is 5.15. The molecule has 1 aliphatic rings. The number of esters is 1. The number of ether oxygens (including phenoxy) is 2. The largest absolute Gasteiger partial charge is 0.476 e. The standard InChI is InChI=1S/C18H21ClF2N3O3P/c1-16(2,3)27-15(25)11-4-5-12(22-14(11)19)24-9-6-13(23-24)26-10-17(7-8-17)18(20,21)28/h4-6,9H,7-8,10,28H2,1-3H3. The summed E-state index contributed by atoms with van der Waals surface area (Å²) in [4.78, 5) is 16.3. The fraction of sp³-hybridized carbons (Fsp3) is 0.500. The molecular weight excluding hydrogens is 411 g/mol. The molecule has 0 amide bonds. The van der Waals surface area contributed by atoms with Gasteiger partial charge in [-0.2, -0.15) is 0 Å². The van der Waals surface area contributed by atoms with E-state index < -0.39 is 22.6 Å². The van der Waals surface area contributed by atoms with Gasteiger partial charge >= 0.3 is 5.97 Å². The summed E-state index contributed by atoms with van der Waals surface area (Å²) in [5, 5.41) is 4.15. The Kier molecular flexibility index (Phi) is 5.40. The number of carbonyl (C=O) groups excluding carboxylic acids is 1. The van der Waals surface area contributed by atoms with E-state index in [9.17, 15) is 13.6 Å². The maximum atomic E-state index is 13.6. The first kappa shape index (κ1) is 20.9. The lowest BCUT2D eigenvalue weighted by atomic mass is 10.1. The summed E-state index contributed by atoms with van der Waals surface area (Å²) in [5.41, 5.74) is -4.53. The van der Waals surface area contributed by atoms with E-state index in [0.717, 1.165) is 0 Å². The van der Waals surface area contributed by atoms with E-state index in [0.29, 0.717) is 18.7 Å². The molecule has 1 aliphatic carbocycles. The third kappa shape index (κ3) is 4.61. The number of hydrogen-bond acceptors (Lipinski definition) is 5. The third-order valence-corrected chi connectivity index (χ3v) is 5.21. The molecule has 0 aromatic carbocycles. The van der Waals surface area contributed by atoms with Crippen LogP contribution in [-0.4, -0.2) is 38.6 Å². The molecule has 1 atom stereocenters. The summed E-state index contributed by atoms with van der Waals surface area (Å²) >= 11 is 6.12. The molecule has 3 rings (SSSR count). The van der Waals surface area contributed by atoms with Gasteiger partial charge < -0.3 is 9.47 Å². The quantitative estimate of drug-likeness (QED) is 0.382. The summed E-state index contributed by atoms with van der Waals surface area (Å²) in [6.07, 6.45) is 2.39. The number of carbonyl (C=O) groups is 1. The minimum atomic E-state index is -2.87. The van der Waals surface area contributed by atoms with E-state index in [1.165, 1.54) is 10.7 Å². The van der Waals surface area contributed by atoms with E-state index in [1.807, 2.05) is 0 Å². The van der Waals surface area contributed by atoms with Gasteiger partial charge in [-0.3, -0.25) is 0 Å². The predicted octanol–water partition coefficient (Wildman–Crippen LogP) is 4.50. The summed E-state index contributed by atoms with van der Waals surface area (Å²) in [6, 6.07) is 4.60. The van der Waals surface area contributed by atoms with Gasteiger partial charge in [-0.25, -0.2) is 23.2 Å². The maximum Gasteiger partial charge on any atom is 0.341 e. The predicted molar refractivity (Wildman–Crippen MR) is 103 cm³/mol. The molecule has 0 aliphatic heterocycles. The van der Waals surface area contributed by atoms with Crippen molar-refractivity contribution in [2.24, 2.45) is 5.41 Å². The topological polar surface area (TPSA) is 66.2 Å². The van der Waals surface area contributed by atoms with Gasteiger partial charge in [0.05, 0.1) is 11.0 Å². The van der Waals surface area contributed by atoms with Gasteiger partial charge in [-0.05, 0) is 45.7 Å². The molecule has 0 radical (unpaired) electrons. The second kappa shape index (κ2) is 7.23. The van der Waals surface area contributed by atoms with Crippen molar-refractivity contribution in [1.82, 2.24) is 14.8 Å². The number of aromatic nitrogens is 3. The number of rotatable bonds is 6.